The summed E-state index contributed by atoms with van der Waals surface area (Å²) < 4.78 is 0. The summed E-state index contributed by atoms with van der Waals surface area (Å²) in [5, 5.41) is 5.01. The Hall–Kier alpha value is -0.990. The van der Waals surface area contributed by atoms with Crippen LogP contribution in [0.3, 0.4) is 0 Å². The van der Waals surface area contributed by atoms with Gasteiger partial charge in [-0.25, -0.2) is 4.79 Å². The average molecular weight is 128 g/mol. The van der Waals surface area contributed by atoms with Crippen LogP contribution in [-0.2, 0) is 0 Å². The summed E-state index contributed by atoms with van der Waals surface area (Å²) in [5.41, 5.74) is 0. The monoisotopic (exact) mass is 128 g/mol. The average Bonchev–Trinajstić information content (AvgIpc) is 1.85. The lowest BCUT2D eigenvalue weighted by Crippen LogP contribution is -2.32. The standard InChI is InChI=1S/C6H12N2O/c1-3-5-8-6(9)7-4-2/h4H,2-3,5H2,1H3,(H2,7,8,9). The second-order valence-corrected chi connectivity index (χ2v) is 1.60. The van der Waals surface area contributed by atoms with Gasteiger partial charge in [0.25, 0.3) is 0 Å². The maximum Gasteiger partial charge on any atom is 0.318 e. The molecule has 0 aromatic heterocycles. The maximum atomic E-state index is 10.5. The van der Waals surface area contributed by atoms with Gasteiger partial charge in [0, 0.05) is 6.54 Å². The number of carbonyl (C=O) groups is 1. The van der Waals surface area contributed by atoms with Gasteiger partial charge in [0.1, 0.15) is 0 Å². The summed E-state index contributed by atoms with van der Waals surface area (Å²) in [7, 11) is 0. The van der Waals surface area contributed by atoms with E-state index in [0.717, 1.165) is 6.42 Å². The molecule has 3 heteroatoms. The molecule has 2 N–H and O–H groups in total. The van der Waals surface area contributed by atoms with Gasteiger partial charge in [0.05, 0.1) is 0 Å². The van der Waals surface area contributed by atoms with Crippen molar-refractivity contribution >= 4 is 6.03 Å². The maximum absolute atomic E-state index is 10.5. The second-order valence-electron chi connectivity index (χ2n) is 1.60. The Bertz CT molecular complexity index is 101. The minimum atomic E-state index is -0.188. The van der Waals surface area contributed by atoms with Crippen LogP contribution in [0.15, 0.2) is 12.8 Å². The molecule has 52 valence electrons. The molecule has 0 spiro atoms. The number of rotatable bonds is 3. The molecule has 0 saturated heterocycles. The van der Waals surface area contributed by atoms with Gasteiger partial charge in [-0.15, -0.1) is 0 Å². The van der Waals surface area contributed by atoms with E-state index >= 15 is 0 Å². The molecule has 0 unspecified atom stereocenters. The van der Waals surface area contributed by atoms with Gasteiger partial charge in [0.2, 0.25) is 0 Å². The molecule has 0 bridgehead atoms. The molecule has 0 aromatic carbocycles. The molecule has 2 amide bonds. The highest BCUT2D eigenvalue weighted by Crippen LogP contribution is 1.69. The van der Waals surface area contributed by atoms with Crippen LogP contribution in [0.5, 0.6) is 0 Å². The van der Waals surface area contributed by atoms with Gasteiger partial charge in [-0.1, -0.05) is 13.5 Å². The highest BCUT2D eigenvalue weighted by atomic mass is 16.2. The van der Waals surface area contributed by atoms with Crippen LogP contribution in [0.25, 0.3) is 0 Å². The van der Waals surface area contributed by atoms with Crippen molar-refractivity contribution in [3.05, 3.63) is 12.8 Å². The fourth-order valence-corrected chi connectivity index (χ4v) is 0.382. The third kappa shape index (κ3) is 4.87. The fraction of sp³-hybridized carbons (Fsp3) is 0.500. The zero-order valence-corrected chi connectivity index (χ0v) is 5.61. The van der Waals surface area contributed by atoms with E-state index in [9.17, 15) is 4.79 Å². The molecule has 0 aliphatic carbocycles. The Balaban J connectivity index is 3.16. The van der Waals surface area contributed by atoms with Crippen LogP contribution in [0.1, 0.15) is 13.3 Å². The van der Waals surface area contributed by atoms with E-state index in [-0.39, 0.29) is 6.03 Å². The third-order valence-electron chi connectivity index (χ3n) is 0.769. The third-order valence-corrected chi connectivity index (χ3v) is 0.769. The second kappa shape index (κ2) is 5.15. The zero-order valence-electron chi connectivity index (χ0n) is 5.61. The minimum absolute atomic E-state index is 0.188. The molecule has 0 aliphatic rings. The Labute approximate surface area is 55.1 Å². The lowest BCUT2D eigenvalue weighted by molar-refractivity contribution is 0.244. The van der Waals surface area contributed by atoms with Crippen LogP contribution >= 0.6 is 0 Å². The fourth-order valence-electron chi connectivity index (χ4n) is 0.382. The van der Waals surface area contributed by atoms with Crippen LogP contribution in [-0.4, -0.2) is 12.6 Å². The van der Waals surface area contributed by atoms with E-state index in [4.69, 9.17) is 0 Å². The molecule has 0 radical (unpaired) electrons. The molecule has 0 heterocycles. The predicted molar refractivity (Wildman–Crippen MR) is 37.0 cm³/mol. The van der Waals surface area contributed by atoms with Crippen molar-refractivity contribution in [2.24, 2.45) is 0 Å². The Morgan fingerprint density at radius 2 is 2.44 bits per heavy atom. The Kier molecular flexibility index (Phi) is 4.59. The number of hydrogen-bond acceptors (Lipinski definition) is 1. The molecular formula is C6H12N2O. The Morgan fingerprint density at radius 3 is 2.89 bits per heavy atom. The number of hydrogen-bond donors (Lipinski definition) is 2. The topological polar surface area (TPSA) is 41.1 Å². The van der Waals surface area contributed by atoms with Crippen LogP contribution < -0.4 is 10.6 Å². The normalized spacial score (nSPS) is 8.11. The first kappa shape index (κ1) is 8.01. The van der Waals surface area contributed by atoms with Crippen LogP contribution in [0.2, 0.25) is 0 Å². The lowest BCUT2D eigenvalue weighted by atomic mass is 10.5. The van der Waals surface area contributed by atoms with Gasteiger partial charge >= 0.3 is 6.03 Å². The van der Waals surface area contributed by atoms with Crippen LogP contribution in [0.4, 0.5) is 4.79 Å². The van der Waals surface area contributed by atoms with Gasteiger partial charge in [-0.3, -0.25) is 0 Å². The highest BCUT2D eigenvalue weighted by Gasteiger charge is 1.90. The molecule has 0 atom stereocenters. The summed E-state index contributed by atoms with van der Waals surface area (Å²) in [6.45, 7) is 6.04. The summed E-state index contributed by atoms with van der Waals surface area (Å²) in [4.78, 5) is 10.5. The zero-order chi connectivity index (χ0) is 7.11. The quantitative estimate of drug-likeness (QED) is 0.581. The van der Waals surface area contributed by atoms with Crippen molar-refractivity contribution in [1.29, 1.82) is 0 Å². The van der Waals surface area contributed by atoms with Gasteiger partial charge in [0.15, 0.2) is 0 Å². The number of nitrogens with one attached hydrogen (secondary N) is 2. The number of urea groups is 1. The lowest BCUT2D eigenvalue weighted by Gasteiger charge is -1.99. The molecule has 0 saturated carbocycles. The van der Waals surface area contributed by atoms with Crippen molar-refractivity contribution in [2.45, 2.75) is 13.3 Å². The van der Waals surface area contributed by atoms with Crippen LogP contribution in [0, 0.1) is 0 Å². The number of carbonyl (C=O) groups excluding carboxylic acids is 1. The summed E-state index contributed by atoms with van der Waals surface area (Å²) in [6, 6.07) is -0.188. The van der Waals surface area contributed by atoms with Crippen molar-refractivity contribution < 1.29 is 4.79 Å². The summed E-state index contributed by atoms with van der Waals surface area (Å²) in [6.07, 6.45) is 2.30. The molecule has 3 nitrogen and oxygen atoms in total. The first-order valence-electron chi connectivity index (χ1n) is 2.96. The Morgan fingerprint density at radius 1 is 1.78 bits per heavy atom. The van der Waals surface area contributed by atoms with Crippen molar-refractivity contribution in [3.63, 3.8) is 0 Å². The van der Waals surface area contributed by atoms with Crippen molar-refractivity contribution in [3.8, 4) is 0 Å². The van der Waals surface area contributed by atoms with Gasteiger partial charge in [-0.2, -0.15) is 0 Å². The van der Waals surface area contributed by atoms with E-state index < -0.39 is 0 Å². The van der Waals surface area contributed by atoms with Gasteiger partial charge < -0.3 is 10.6 Å². The van der Waals surface area contributed by atoms with E-state index in [1.165, 1.54) is 6.20 Å². The number of amides is 2. The molecule has 0 aliphatic heterocycles. The van der Waals surface area contributed by atoms with Crippen molar-refractivity contribution in [1.82, 2.24) is 10.6 Å². The van der Waals surface area contributed by atoms with E-state index in [0.29, 0.717) is 6.54 Å². The molecule has 0 rings (SSSR count). The highest BCUT2D eigenvalue weighted by molar-refractivity contribution is 5.74. The van der Waals surface area contributed by atoms with E-state index in [1.54, 1.807) is 0 Å². The minimum Gasteiger partial charge on any atom is -0.338 e. The summed E-state index contributed by atoms with van der Waals surface area (Å²) >= 11 is 0. The van der Waals surface area contributed by atoms with Gasteiger partial charge in [-0.05, 0) is 12.6 Å². The van der Waals surface area contributed by atoms with Crippen molar-refractivity contribution in [2.75, 3.05) is 6.54 Å². The largest absolute Gasteiger partial charge is 0.338 e. The summed E-state index contributed by atoms with van der Waals surface area (Å²) in [5.74, 6) is 0. The molecule has 9 heavy (non-hydrogen) atoms. The molecule has 0 fully saturated rings. The predicted octanol–water partition coefficient (Wildman–Crippen LogP) is 0.839. The van der Waals surface area contributed by atoms with E-state index in [1.807, 2.05) is 6.92 Å². The molecule has 0 aromatic rings. The smallest absolute Gasteiger partial charge is 0.318 e. The molecular weight excluding hydrogens is 116 g/mol. The SMILES string of the molecule is C=CNC(=O)NCCC. The first-order chi connectivity index (χ1) is 4.31. The first-order valence-corrected chi connectivity index (χ1v) is 2.96. The van der Waals surface area contributed by atoms with E-state index in [2.05, 4.69) is 17.2 Å².